The van der Waals surface area contributed by atoms with Crippen LogP contribution in [-0.2, 0) is 0 Å². The number of carbonyl (C=O) groups excluding carboxylic acids is 1. The van der Waals surface area contributed by atoms with Gasteiger partial charge in [-0.05, 0) is 73.2 Å². The van der Waals surface area contributed by atoms with Gasteiger partial charge in [0.25, 0.3) is 0 Å². The lowest BCUT2D eigenvalue weighted by atomic mass is 9.78. The van der Waals surface area contributed by atoms with Crippen molar-refractivity contribution in [2.24, 2.45) is 11.8 Å². The van der Waals surface area contributed by atoms with Crippen molar-refractivity contribution in [3.8, 4) is 17.2 Å². The molecule has 2 aromatic rings. The minimum absolute atomic E-state index is 0.400. The first-order chi connectivity index (χ1) is 15.7. The largest absolute Gasteiger partial charge is 0.494 e. The van der Waals surface area contributed by atoms with Gasteiger partial charge in [0.2, 0.25) is 0 Å². The SMILES string of the molecule is C=CCOc1ccc(C(=O)Oc2ccc(OCCC[C@H]3CC[C@H](CCC)CC3)cc2)cc1. The van der Waals surface area contributed by atoms with Crippen LogP contribution in [0.3, 0.4) is 0 Å². The monoisotopic (exact) mass is 436 g/mol. The van der Waals surface area contributed by atoms with E-state index in [1.165, 1.54) is 44.9 Å². The maximum Gasteiger partial charge on any atom is 0.343 e. The lowest BCUT2D eigenvalue weighted by Gasteiger charge is -2.28. The third-order valence-corrected chi connectivity index (χ3v) is 6.18. The molecule has 0 radical (unpaired) electrons. The van der Waals surface area contributed by atoms with Crippen molar-refractivity contribution in [2.75, 3.05) is 13.2 Å². The highest BCUT2D eigenvalue weighted by atomic mass is 16.5. The summed E-state index contributed by atoms with van der Waals surface area (Å²) >= 11 is 0. The first kappa shape index (κ1) is 23.9. The molecule has 0 spiro atoms. The summed E-state index contributed by atoms with van der Waals surface area (Å²) in [6, 6.07) is 14.1. The quantitative estimate of drug-likeness (QED) is 0.152. The topological polar surface area (TPSA) is 44.8 Å². The van der Waals surface area contributed by atoms with Crippen molar-refractivity contribution in [1.29, 1.82) is 0 Å². The molecule has 0 atom stereocenters. The average molecular weight is 437 g/mol. The molecule has 0 amide bonds. The molecule has 172 valence electrons. The third kappa shape index (κ3) is 7.74. The van der Waals surface area contributed by atoms with Crippen LogP contribution in [0.2, 0.25) is 0 Å². The summed E-state index contributed by atoms with van der Waals surface area (Å²) in [5.74, 6) is 3.43. The van der Waals surface area contributed by atoms with E-state index in [1.54, 1.807) is 42.5 Å². The van der Waals surface area contributed by atoms with Crippen molar-refractivity contribution in [3.63, 3.8) is 0 Å². The number of ether oxygens (including phenoxy) is 3. The zero-order chi connectivity index (χ0) is 22.6. The number of rotatable bonds is 12. The highest BCUT2D eigenvalue weighted by Crippen LogP contribution is 2.33. The zero-order valence-electron chi connectivity index (χ0n) is 19.3. The van der Waals surface area contributed by atoms with Gasteiger partial charge in [-0.15, -0.1) is 0 Å². The number of hydrogen-bond donors (Lipinski definition) is 0. The van der Waals surface area contributed by atoms with E-state index >= 15 is 0 Å². The Hall–Kier alpha value is -2.75. The summed E-state index contributed by atoms with van der Waals surface area (Å²) in [6.07, 6.45) is 12.3. The van der Waals surface area contributed by atoms with E-state index in [4.69, 9.17) is 14.2 Å². The standard InChI is InChI=1S/C28H36O4/c1-3-6-22-8-10-23(11-9-22)7-5-21-31-26-16-18-27(19-17-26)32-28(29)24-12-14-25(15-13-24)30-20-4-2/h4,12-19,22-23H,2-3,5-11,20-21H2,1H3/t22-,23-. The molecule has 1 aliphatic rings. The second-order valence-electron chi connectivity index (χ2n) is 8.65. The van der Waals surface area contributed by atoms with E-state index in [0.29, 0.717) is 23.7 Å². The van der Waals surface area contributed by atoms with E-state index in [0.717, 1.165) is 30.6 Å². The van der Waals surface area contributed by atoms with E-state index < -0.39 is 5.97 Å². The third-order valence-electron chi connectivity index (χ3n) is 6.18. The second-order valence-corrected chi connectivity index (χ2v) is 8.65. The van der Waals surface area contributed by atoms with Crippen LogP contribution in [-0.4, -0.2) is 19.2 Å². The normalized spacial score (nSPS) is 18.0. The van der Waals surface area contributed by atoms with Gasteiger partial charge in [-0.25, -0.2) is 4.79 Å². The number of benzene rings is 2. The van der Waals surface area contributed by atoms with Gasteiger partial charge in [-0.1, -0.05) is 58.1 Å². The fourth-order valence-corrected chi connectivity index (χ4v) is 4.39. The predicted octanol–water partition coefficient (Wildman–Crippen LogP) is 7.24. The van der Waals surface area contributed by atoms with Crippen LogP contribution in [0.5, 0.6) is 17.2 Å². The highest BCUT2D eigenvalue weighted by Gasteiger charge is 2.20. The Bertz CT molecular complexity index is 818. The van der Waals surface area contributed by atoms with Gasteiger partial charge in [-0.3, -0.25) is 0 Å². The van der Waals surface area contributed by atoms with Gasteiger partial charge in [0, 0.05) is 0 Å². The predicted molar refractivity (Wildman–Crippen MR) is 129 cm³/mol. The van der Waals surface area contributed by atoms with Crippen LogP contribution in [0.1, 0.15) is 68.6 Å². The maximum atomic E-state index is 12.3. The van der Waals surface area contributed by atoms with Gasteiger partial charge in [0.05, 0.1) is 12.2 Å². The molecule has 1 saturated carbocycles. The molecular weight excluding hydrogens is 400 g/mol. The Morgan fingerprint density at radius 3 is 2.06 bits per heavy atom. The molecule has 1 aliphatic carbocycles. The Kier molecular flexibility index (Phi) is 9.67. The summed E-state index contributed by atoms with van der Waals surface area (Å²) in [5, 5.41) is 0. The Morgan fingerprint density at radius 1 is 0.875 bits per heavy atom. The molecule has 0 unspecified atom stereocenters. The molecule has 0 saturated heterocycles. The molecule has 0 bridgehead atoms. The van der Waals surface area contributed by atoms with Crippen molar-refractivity contribution in [3.05, 3.63) is 66.7 Å². The lowest BCUT2D eigenvalue weighted by Crippen LogP contribution is -2.15. The molecule has 3 rings (SSSR count). The van der Waals surface area contributed by atoms with Gasteiger partial charge >= 0.3 is 5.97 Å². The second kappa shape index (κ2) is 12.9. The van der Waals surface area contributed by atoms with Crippen LogP contribution < -0.4 is 14.2 Å². The van der Waals surface area contributed by atoms with Gasteiger partial charge < -0.3 is 14.2 Å². The molecule has 0 heterocycles. The smallest absolute Gasteiger partial charge is 0.343 e. The fraction of sp³-hybridized carbons (Fsp3) is 0.464. The summed E-state index contributed by atoms with van der Waals surface area (Å²) in [7, 11) is 0. The van der Waals surface area contributed by atoms with Gasteiger partial charge in [0.15, 0.2) is 0 Å². The fourth-order valence-electron chi connectivity index (χ4n) is 4.39. The molecule has 0 N–H and O–H groups in total. The van der Waals surface area contributed by atoms with Crippen LogP contribution >= 0.6 is 0 Å². The Labute approximate surface area is 192 Å². The summed E-state index contributed by atoms with van der Waals surface area (Å²) in [4.78, 5) is 12.3. The molecule has 32 heavy (non-hydrogen) atoms. The van der Waals surface area contributed by atoms with Crippen molar-refractivity contribution in [1.82, 2.24) is 0 Å². The van der Waals surface area contributed by atoms with Crippen molar-refractivity contribution in [2.45, 2.75) is 58.3 Å². The van der Waals surface area contributed by atoms with E-state index in [1.807, 2.05) is 12.1 Å². The molecule has 1 fully saturated rings. The minimum atomic E-state index is -0.400. The van der Waals surface area contributed by atoms with Crippen LogP contribution in [0.4, 0.5) is 0 Å². The van der Waals surface area contributed by atoms with Gasteiger partial charge in [0.1, 0.15) is 23.9 Å². The molecule has 4 nitrogen and oxygen atoms in total. The molecule has 0 aromatic heterocycles. The van der Waals surface area contributed by atoms with Gasteiger partial charge in [-0.2, -0.15) is 0 Å². The van der Waals surface area contributed by atoms with Crippen molar-refractivity contribution < 1.29 is 19.0 Å². The van der Waals surface area contributed by atoms with E-state index in [9.17, 15) is 4.79 Å². The Morgan fingerprint density at radius 2 is 1.44 bits per heavy atom. The van der Waals surface area contributed by atoms with E-state index in [-0.39, 0.29) is 0 Å². The summed E-state index contributed by atoms with van der Waals surface area (Å²) < 4.78 is 16.8. The molecule has 2 aromatic carbocycles. The summed E-state index contributed by atoms with van der Waals surface area (Å²) in [5.41, 5.74) is 0.472. The Balaban J connectivity index is 1.36. The van der Waals surface area contributed by atoms with Crippen molar-refractivity contribution >= 4 is 5.97 Å². The highest BCUT2D eigenvalue weighted by molar-refractivity contribution is 5.91. The minimum Gasteiger partial charge on any atom is -0.494 e. The zero-order valence-corrected chi connectivity index (χ0v) is 19.3. The van der Waals surface area contributed by atoms with E-state index in [2.05, 4.69) is 13.5 Å². The number of esters is 1. The number of carbonyl (C=O) groups is 1. The van der Waals surface area contributed by atoms with Crippen LogP contribution in [0.25, 0.3) is 0 Å². The first-order valence-corrected chi connectivity index (χ1v) is 12.0. The average Bonchev–Trinajstić information content (AvgIpc) is 2.83. The molecular formula is C28H36O4. The number of hydrogen-bond acceptors (Lipinski definition) is 4. The lowest BCUT2D eigenvalue weighted by molar-refractivity contribution is 0.0734. The molecule has 4 heteroatoms. The van der Waals surface area contributed by atoms with Crippen LogP contribution in [0.15, 0.2) is 61.2 Å². The summed E-state index contributed by atoms with van der Waals surface area (Å²) in [6.45, 7) is 7.06. The molecule has 0 aliphatic heterocycles. The first-order valence-electron chi connectivity index (χ1n) is 12.0. The maximum absolute atomic E-state index is 12.3. The van der Waals surface area contributed by atoms with Crippen LogP contribution in [0, 0.1) is 11.8 Å².